The maximum atomic E-state index is 15.3. The number of pyridine rings is 1. The second kappa shape index (κ2) is 11.0. The van der Waals surface area contributed by atoms with Crippen molar-refractivity contribution >= 4 is 35.0 Å². The number of carbonyl (C=O) groups excluding carboxylic acids is 1. The van der Waals surface area contributed by atoms with Crippen LogP contribution in [0.5, 0.6) is 5.75 Å². The molecule has 9 nitrogen and oxygen atoms in total. The zero-order valence-electron chi connectivity index (χ0n) is 22.6. The molecule has 1 unspecified atom stereocenters. The molecule has 2 aromatic carbocycles. The minimum Gasteiger partial charge on any atom is -0.494 e. The molecule has 3 aliphatic rings. The predicted molar refractivity (Wildman–Crippen MR) is 152 cm³/mol. The second-order valence-electron chi connectivity index (χ2n) is 10.9. The van der Waals surface area contributed by atoms with Gasteiger partial charge in [-0.3, -0.25) is 14.5 Å². The third kappa shape index (κ3) is 5.14. The lowest BCUT2D eigenvalue weighted by atomic mass is 9.79. The van der Waals surface area contributed by atoms with Gasteiger partial charge in [0.1, 0.15) is 11.6 Å². The summed E-state index contributed by atoms with van der Waals surface area (Å²) in [5.74, 6) is -0.0402. The number of ether oxygens (including phenoxy) is 1. The zero-order valence-corrected chi connectivity index (χ0v) is 22.6. The summed E-state index contributed by atoms with van der Waals surface area (Å²) in [7, 11) is -0.977. The molecule has 210 valence electrons. The van der Waals surface area contributed by atoms with Crippen LogP contribution in [0.2, 0.25) is 0 Å². The van der Waals surface area contributed by atoms with Crippen molar-refractivity contribution in [1.82, 2.24) is 9.47 Å². The lowest BCUT2D eigenvalue weighted by molar-refractivity contribution is 0.101. The number of fused-ring (bicyclic) bond motifs is 2. The van der Waals surface area contributed by atoms with Gasteiger partial charge < -0.3 is 29.6 Å². The Morgan fingerprint density at radius 3 is 2.67 bits per heavy atom. The molecule has 1 saturated carbocycles. The summed E-state index contributed by atoms with van der Waals surface area (Å²) in [5.41, 5.74) is 8.23. The van der Waals surface area contributed by atoms with E-state index in [4.69, 9.17) is 15.1 Å². The number of benzene rings is 2. The van der Waals surface area contributed by atoms with Gasteiger partial charge in [-0.15, -0.1) is 0 Å². The smallest absolute Gasteiger partial charge is 0.492 e. The van der Waals surface area contributed by atoms with Crippen molar-refractivity contribution in [2.45, 2.75) is 38.3 Å². The fourth-order valence-electron chi connectivity index (χ4n) is 5.83. The largest absolute Gasteiger partial charge is 0.494 e. The molecule has 11 heteroatoms. The lowest BCUT2D eigenvalue weighted by Gasteiger charge is -2.36. The molecule has 3 heterocycles. The van der Waals surface area contributed by atoms with Gasteiger partial charge in [-0.2, -0.15) is 0 Å². The quantitative estimate of drug-likeness (QED) is 0.238. The number of hydrogen-bond donors (Lipinski definition) is 2. The number of halogens is 1. The average Bonchev–Trinajstić information content (AvgIpc) is 3.75. The molecular formula is C29H34BFN4O5. The highest BCUT2D eigenvalue weighted by Crippen LogP contribution is 2.38. The average molecular weight is 548 g/mol. The number of aromatic nitrogens is 1. The van der Waals surface area contributed by atoms with Crippen LogP contribution in [-0.2, 0) is 4.65 Å². The number of piperazine rings is 1. The summed E-state index contributed by atoms with van der Waals surface area (Å²) in [6.07, 6.45) is 4.17. The monoisotopic (exact) mass is 548 g/mol. The summed E-state index contributed by atoms with van der Waals surface area (Å²) in [6, 6.07) is 8.93. The highest BCUT2D eigenvalue weighted by atomic mass is 19.1. The van der Waals surface area contributed by atoms with Crippen LogP contribution in [-0.4, -0.2) is 73.3 Å². The number of nitrogens with zero attached hydrogens (tertiary/aromatic N) is 3. The van der Waals surface area contributed by atoms with E-state index in [1.807, 2.05) is 27.7 Å². The van der Waals surface area contributed by atoms with Gasteiger partial charge in [0.25, 0.3) is 0 Å². The van der Waals surface area contributed by atoms with Gasteiger partial charge >= 0.3 is 7.12 Å². The molecule has 40 heavy (non-hydrogen) atoms. The highest BCUT2D eigenvalue weighted by Gasteiger charge is 2.34. The Morgan fingerprint density at radius 2 is 1.98 bits per heavy atom. The van der Waals surface area contributed by atoms with Gasteiger partial charge in [-0.05, 0) is 61.5 Å². The number of rotatable bonds is 9. The van der Waals surface area contributed by atoms with Gasteiger partial charge in [0.05, 0.1) is 29.5 Å². The number of nitrogens with two attached hydrogens (primary N) is 1. The summed E-state index contributed by atoms with van der Waals surface area (Å²) >= 11 is 0. The molecule has 1 saturated heterocycles. The van der Waals surface area contributed by atoms with Gasteiger partial charge in [-0.25, -0.2) is 4.39 Å². The zero-order chi connectivity index (χ0) is 28.0. The maximum Gasteiger partial charge on any atom is 0.492 e. The third-order valence-electron chi connectivity index (χ3n) is 8.20. The number of anilines is 1. The van der Waals surface area contributed by atoms with Crippen molar-refractivity contribution in [3.05, 3.63) is 63.7 Å². The van der Waals surface area contributed by atoms with Crippen LogP contribution in [0.4, 0.5) is 10.1 Å². The first-order valence-corrected chi connectivity index (χ1v) is 14.0. The van der Waals surface area contributed by atoms with Gasteiger partial charge in [0, 0.05) is 56.9 Å². The van der Waals surface area contributed by atoms with Gasteiger partial charge in [0.15, 0.2) is 11.2 Å². The van der Waals surface area contributed by atoms with Crippen molar-refractivity contribution in [2.24, 2.45) is 5.73 Å². The number of Topliss-reactive ketones (excluding diaryl/α,β-unsaturated/α-hetero) is 1. The first kappa shape index (κ1) is 27.0. The number of carbonyl (C=O) groups is 1. The van der Waals surface area contributed by atoms with Crippen molar-refractivity contribution in [3.63, 3.8) is 0 Å². The van der Waals surface area contributed by atoms with Crippen molar-refractivity contribution in [1.29, 1.82) is 0 Å². The number of hydrogen-bond acceptors (Lipinski definition) is 8. The van der Waals surface area contributed by atoms with Crippen LogP contribution in [0, 0.1) is 5.82 Å². The fourth-order valence-corrected chi connectivity index (χ4v) is 5.83. The van der Waals surface area contributed by atoms with E-state index in [-0.39, 0.29) is 28.9 Å². The van der Waals surface area contributed by atoms with E-state index in [1.54, 1.807) is 12.3 Å². The van der Waals surface area contributed by atoms with Crippen molar-refractivity contribution in [3.8, 4) is 5.75 Å². The first-order valence-electron chi connectivity index (χ1n) is 14.0. The fraction of sp³-hybridized carbons (Fsp3) is 0.448. The molecular weight excluding hydrogens is 514 g/mol. The molecule has 0 radical (unpaired) electrons. The Bertz CT molecular complexity index is 1500. The van der Waals surface area contributed by atoms with Crippen molar-refractivity contribution < 1.29 is 23.6 Å². The van der Waals surface area contributed by atoms with Crippen LogP contribution in [0.25, 0.3) is 10.9 Å². The molecule has 3 N–H and O–H groups in total. The Hall–Kier alpha value is -3.25. The normalized spacial score (nSPS) is 19.4. The Morgan fingerprint density at radius 1 is 1.20 bits per heavy atom. The van der Waals surface area contributed by atoms with E-state index in [1.165, 1.54) is 13.0 Å². The standard InChI is InChI=1S/C29H34BFN4O5/c1-18(36)23-17-35(19-3-4-19)26-15-27(25(31)14-22(26)29(23)37)34-10-8-33(9-11-34)7-2-12-39-20-5-6-21-24(13-20)30(38)40-28(21)16-32/h5-6,13-15,17,19,28,38H,2-4,7-12,16,32H2,1H3. The second-order valence-corrected chi connectivity index (χ2v) is 10.9. The van der Waals surface area contributed by atoms with Crippen LogP contribution >= 0.6 is 0 Å². The van der Waals surface area contributed by atoms with Crippen LogP contribution in [0.1, 0.15) is 54.3 Å². The van der Waals surface area contributed by atoms with Crippen LogP contribution in [0.15, 0.2) is 41.3 Å². The van der Waals surface area contributed by atoms with Gasteiger partial charge in [-0.1, -0.05) is 6.07 Å². The van der Waals surface area contributed by atoms with Gasteiger partial charge in [0.2, 0.25) is 0 Å². The molecule has 2 fully saturated rings. The van der Waals surface area contributed by atoms with E-state index >= 15 is 4.39 Å². The van der Waals surface area contributed by atoms with Crippen LogP contribution in [0.3, 0.4) is 0 Å². The summed E-state index contributed by atoms with van der Waals surface area (Å²) < 4.78 is 28.7. The molecule has 1 aromatic heterocycles. The lowest BCUT2D eigenvalue weighted by Crippen LogP contribution is -2.47. The first-order chi connectivity index (χ1) is 19.3. The topological polar surface area (TPSA) is 110 Å². The summed E-state index contributed by atoms with van der Waals surface area (Å²) in [6.45, 7) is 6.01. The Labute approximate surface area is 232 Å². The summed E-state index contributed by atoms with van der Waals surface area (Å²) in [4.78, 5) is 29.3. The molecule has 6 rings (SSSR count). The molecule has 1 aliphatic carbocycles. The van der Waals surface area contributed by atoms with E-state index < -0.39 is 18.4 Å². The van der Waals surface area contributed by atoms with E-state index in [9.17, 15) is 14.6 Å². The van der Waals surface area contributed by atoms with E-state index in [2.05, 4.69) is 4.90 Å². The highest BCUT2D eigenvalue weighted by molar-refractivity contribution is 6.61. The maximum absolute atomic E-state index is 15.3. The molecule has 2 aliphatic heterocycles. The Kier molecular flexibility index (Phi) is 7.39. The summed E-state index contributed by atoms with van der Waals surface area (Å²) in [5, 5.41) is 10.4. The molecule has 0 bridgehead atoms. The third-order valence-corrected chi connectivity index (χ3v) is 8.20. The molecule has 3 aromatic rings. The minimum absolute atomic E-state index is 0.118. The van der Waals surface area contributed by atoms with E-state index in [0.717, 1.165) is 44.5 Å². The molecule has 0 amide bonds. The van der Waals surface area contributed by atoms with Crippen molar-refractivity contribution in [2.75, 3.05) is 50.8 Å². The molecule has 0 spiro atoms. The number of ketones is 1. The predicted octanol–water partition coefficient (Wildman–Crippen LogP) is 1.99. The van der Waals surface area contributed by atoms with E-state index in [0.29, 0.717) is 48.7 Å². The Balaban J connectivity index is 1.06. The van der Waals surface area contributed by atoms with Crippen LogP contribution < -0.4 is 26.3 Å². The SMILES string of the molecule is CC(=O)c1cn(C2CC2)c2cc(N3CCN(CCCOc4ccc5c(c4)B(O)OC5CN)CC3)c(F)cc2c1=O. The molecule has 1 atom stereocenters. The minimum atomic E-state index is -0.977.